The van der Waals surface area contributed by atoms with Crippen LogP contribution in [0.15, 0.2) is 28.9 Å². The second-order valence-corrected chi connectivity index (χ2v) is 3.90. The molecule has 0 saturated carbocycles. The standard InChI is InChI=1S/C10H5BrFNO2/c11-7-2-5-1-6(10(14)15)3-8(12)9(5)13-4-7/h1-4H,(H,14,15). The quantitative estimate of drug-likeness (QED) is 0.866. The molecule has 0 spiro atoms. The molecule has 1 heterocycles. The number of carboxylic acid groups (broad SMARTS) is 1. The first kappa shape index (κ1) is 10.0. The Morgan fingerprint density at radius 1 is 1.40 bits per heavy atom. The number of halogens is 2. The normalized spacial score (nSPS) is 10.5. The fourth-order valence-electron chi connectivity index (χ4n) is 1.30. The second kappa shape index (κ2) is 3.58. The van der Waals surface area contributed by atoms with Gasteiger partial charge in [-0.1, -0.05) is 0 Å². The van der Waals surface area contributed by atoms with E-state index in [2.05, 4.69) is 20.9 Å². The third-order valence-corrected chi connectivity index (χ3v) is 2.38. The molecule has 76 valence electrons. The molecule has 0 aliphatic rings. The number of carbonyl (C=O) groups is 1. The van der Waals surface area contributed by atoms with E-state index < -0.39 is 11.8 Å². The Hall–Kier alpha value is -1.49. The summed E-state index contributed by atoms with van der Waals surface area (Å²) in [5, 5.41) is 9.20. The molecule has 0 aliphatic heterocycles. The fourth-order valence-corrected chi connectivity index (χ4v) is 1.65. The van der Waals surface area contributed by atoms with Crippen LogP contribution >= 0.6 is 15.9 Å². The maximum Gasteiger partial charge on any atom is 0.335 e. The first-order valence-electron chi connectivity index (χ1n) is 4.06. The third-order valence-electron chi connectivity index (χ3n) is 1.95. The molecular formula is C10H5BrFNO2. The minimum absolute atomic E-state index is 0.0834. The Balaban J connectivity index is 2.79. The van der Waals surface area contributed by atoms with Crippen LogP contribution in [0.25, 0.3) is 10.9 Å². The smallest absolute Gasteiger partial charge is 0.335 e. The van der Waals surface area contributed by atoms with Crippen molar-refractivity contribution >= 4 is 32.8 Å². The van der Waals surface area contributed by atoms with Crippen molar-refractivity contribution in [1.82, 2.24) is 4.98 Å². The van der Waals surface area contributed by atoms with Crippen LogP contribution in [0.3, 0.4) is 0 Å². The average Bonchev–Trinajstić information content (AvgIpc) is 2.16. The maximum absolute atomic E-state index is 13.4. The van der Waals surface area contributed by atoms with Crippen LogP contribution in [0.4, 0.5) is 4.39 Å². The number of pyridine rings is 1. The number of rotatable bonds is 1. The number of aromatic carboxylic acids is 1. The molecule has 0 amide bonds. The van der Waals surface area contributed by atoms with Crippen molar-refractivity contribution in [2.45, 2.75) is 0 Å². The summed E-state index contributed by atoms with van der Waals surface area (Å²) >= 11 is 3.19. The van der Waals surface area contributed by atoms with Gasteiger partial charge in [0.05, 0.1) is 5.56 Å². The number of hydrogen-bond donors (Lipinski definition) is 1. The first-order chi connectivity index (χ1) is 7.08. The van der Waals surface area contributed by atoms with Gasteiger partial charge in [0, 0.05) is 16.1 Å². The molecule has 1 N–H and O–H groups in total. The van der Waals surface area contributed by atoms with Gasteiger partial charge >= 0.3 is 5.97 Å². The predicted molar refractivity (Wildman–Crippen MR) is 56.4 cm³/mol. The lowest BCUT2D eigenvalue weighted by Crippen LogP contribution is -1.98. The number of carboxylic acids is 1. The Morgan fingerprint density at radius 2 is 2.13 bits per heavy atom. The maximum atomic E-state index is 13.4. The van der Waals surface area contributed by atoms with Crippen LogP contribution in [0, 0.1) is 5.82 Å². The van der Waals surface area contributed by atoms with E-state index in [1.165, 1.54) is 12.3 Å². The minimum Gasteiger partial charge on any atom is -0.478 e. The van der Waals surface area contributed by atoms with E-state index in [1.807, 2.05) is 0 Å². The van der Waals surface area contributed by atoms with Crippen molar-refractivity contribution in [3.05, 3.63) is 40.2 Å². The van der Waals surface area contributed by atoms with Gasteiger partial charge in [-0.25, -0.2) is 9.18 Å². The highest BCUT2D eigenvalue weighted by Gasteiger charge is 2.09. The summed E-state index contributed by atoms with van der Waals surface area (Å²) < 4.78 is 14.1. The molecule has 0 radical (unpaired) electrons. The largest absolute Gasteiger partial charge is 0.478 e. The fraction of sp³-hybridized carbons (Fsp3) is 0. The molecule has 1 aromatic carbocycles. The molecule has 0 atom stereocenters. The highest BCUT2D eigenvalue weighted by Crippen LogP contribution is 2.21. The van der Waals surface area contributed by atoms with Gasteiger partial charge in [0.1, 0.15) is 11.3 Å². The molecule has 0 saturated heterocycles. The van der Waals surface area contributed by atoms with Gasteiger partial charge < -0.3 is 5.11 Å². The van der Waals surface area contributed by atoms with Gasteiger partial charge in [0.15, 0.2) is 0 Å². The van der Waals surface area contributed by atoms with Crippen molar-refractivity contribution in [3.63, 3.8) is 0 Å². The molecule has 15 heavy (non-hydrogen) atoms. The van der Waals surface area contributed by atoms with Crippen LogP contribution in [0.2, 0.25) is 0 Å². The summed E-state index contributed by atoms with van der Waals surface area (Å²) in [6, 6.07) is 3.97. The molecule has 0 aliphatic carbocycles. The highest BCUT2D eigenvalue weighted by atomic mass is 79.9. The van der Waals surface area contributed by atoms with E-state index in [0.29, 0.717) is 9.86 Å². The summed E-state index contributed by atoms with van der Waals surface area (Å²) in [5.74, 6) is -1.78. The number of benzene rings is 1. The Morgan fingerprint density at radius 3 is 2.80 bits per heavy atom. The van der Waals surface area contributed by atoms with Crippen molar-refractivity contribution in [1.29, 1.82) is 0 Å². The zero-order valence-corrected chi connectivity index (χ0v) is 8.95. The van der Waals surface area contributed by atoms with Crippen LogP contribution < -0.4 is 0 Å². The lowest BCUT2D eigenvalue weighted by molar-refractivity contribution is 0.0696. The van der Waals surface area contributed by atoms with Crippen molar-refractivity contribution in [2.24, 2.45) is 0 Å². The molecule has 0 bridgehead atoms. The molecule has 3 nitrogen and oxygen atoms in total. The zero-order chi connectivity index (χ0) is 11.0. The van der Waals surface area contributed by atoms with Crippen molar-refractivity contribution < 1.29 is 14.3 Å². The van der Waals surface area contributed by atoms with Gasteiger partial charge in [0.2, 0.25) is 0 Å². The Kier molecular flexibility index (Phi) is 2.40. The summed E-state index contributed by atoms with van der Waals surface area (Å²) in [6.45, 7) is 0. The van der Waals surface area contributed by atoms with Crippen LogP contribution in [-0.2, 0) is 0 Å². The van der Waals surface area contributed by atoms with Crippen LogP contribution in [0.1, 0.15) is 10.4 Å². The van der Waals surface area contributed by atoms with Crippen LogP contribution in [-0.4, -0.2) is 16.1 Å². The molecule has 5 heteroatoms. The summed E-state index contributed by atoms with van der Waals surface area (Å²) in [6.07, 6.45) is 1.46. The molecular weight excluding hydrogens is 265 g/mol. The molecule has 0 unspecified atom stereocenters. The topological polar surface area (TPSA) is 50.2 Å². The summed E-state index contributed by atoms with van der Waals surface area (Å²) in [7, 11) is 0. The van der Waals surface area contributed by atoms with Crippen LogP contribution in [0.5, 0.6) is 0 Å². The van der Waals surface area contributed by atoms with E-state index >= 15 is 0 Å². The zero-order valence-electron chi connectivity index (χ0n) is 7.37. The molecule has 1 aromatic heterocycles. The second-order valence-electron chi connectivity index (χ2n) is 2.99. The third kappa shape index (κ3) is 1.83. The monoisotopic (exact) mass is 269 g/mol. The average molecular weight is 270 g/mol. The number of fused-ring (bicyclic) bond motifs is 1. The summed E-state index contributed by atoms with van der Waals surface area (Å²) in [5.41, 5.74) is 0.0862. The minimum atomic E-state index is -1.16. The van der Waals surface area contributed by atoms with Gasteiger partial charge in [-0.15, -0.1) is 0 Å². The van der Waals surface area contributed by atoms with E-state index in [-0.39, 0.29) is 11.1 Å². The number of hydrogen-bond acceptors (Lipinski definition) is 2. The molecule has 2 aromatic rings. The summed E-state index contributed by atoms with van der Waals surface area (Å²) in [4.78, 5) is 14.5. The Bertz CT molecular complexity index is 556. The lowest BCUT2D eigenvalue weighted by Gasteiger charge is -2.01. The lowest BCUT2D eigenvalue weighted by atomic mass is 10.1. The number of aromatic nitrogens is 1. The van der Waals surface area contributed by atoms with E-state index in [9.17, 15) is 9.18 Å². The molecule has 0 fully saturated rings. The van der Waals surface area contributed by atoms with E-state index in [1.54, 1.807) is 6.07 Å². The van der Waals surface area contributed by atoms with E-state index in [4.69, 9.17) is 5.11 Å². The van der Waals surface area contributed by atoms with Gasteiger partial charge in [0.25, 0.3) is 0 Å². The van der Waals surface area contributed by atoms with Gasteiger partial charge in [-0.2, -0.15) is 0 Å². The van der Waals surface area contributed by atoms with Gasteiger partial charge in [-0.05, 0) is 34.1 Å². The highest BCUT2D eigenvalue weighted by molar-refractivity contribution is 9.10. The SMILES string of the molecule is O=C(O)c1cc(F)c2ncc(Br)cc2c1. The first-order valence-corrected chi connectivity index (χ1v) is 4.85. The Labute approximate surface area is 92.7 Å². The molecule has 2 rings (SSSR count). The van der Waals surface area contributed by atoms with E-state index in [0.717, 1.165) is 6.07 Å². The predicted octanol–water partition coefficient (Wildman–Crippen LogP) is 2.83. The number of nitrogens with zero attached hydrogens (tertiary/aromatic N) is 1. The van der Waals surface area contributed by atoms with Crippen molar-refractivity contribution in [3.8, 4) is 0 Å². The van der Waals surface area contributed by atoms with Crippen molar-refractivity contribution in [2.75, 3.05) is 0 Å². The van der Waals surface area contributed by atoms with Gasteiger partial charge in [-0.3, -0.25) is 4.98 Å².